The van der Waals surface area contributed by atoms with Crippen molar-refractivity contribution in [1.29, 1.82) is 0 Å². The number of thioether (sulfide) groups is 1. The minimum absolute atomic E-state index is 0.0695. The number of carbonyl (C=O) groups is 1. The van der Waals surface area contributed by atoms with Gasteiger partial charge >= 0.3 is 0 Å². The van der Waals surface area contributed by atoms with Crippen LogP contribution in [-0.4, -0.2) is 10.9 Å². The second-order valence-electron chi connectivity index (χ2n) is 6.63. The van der Waals surface area contributed by atoms with Crippen LogP contribution in [0, 0.1) is 0 Å². The van der Waals surface area contributed by atoms with Gasteiger partial charge in [0.25, 0.3) is 0 Å². The van der Waals surface area contributed by atoms with Crippen LogP contribution < -0.4 is 5.32 Å². The molecule has 0 spiro atoms. The molecule has 1 heterocycles. The molecule has 1 N–H and O–H groups in total. The van der Waals surface area contributed by atoms with Crippen molar-refractivity contribution < 1.29 is 4.79 Å². The first-order chi connectivity index (χ1) is 13.4. The summed E-state index contributed by atoms with van der Waals surface area (Å²) >= 11 is 15.3. The molecule has 0 aliphatic carbocycles. The topological polar surface area (TPSA) is 42.0 Å². The molecule has 28 heavy (non-hydrogen) atoms. The van der Waals surface area contributed by atoms with E-state index in [1.807, 2.05) is 41.8 Å². The Morgan fingerprint density at radius 2 is 1.93 bits per heavy atom. The number of rotatable bonds is 7. The highest BCUT2D eigenvalue weighted by Gasteiger charge is 2.10. The van der Waals surface area contributed by atoms with E-state index in [0.717, 1.165) is 21.3 Å². The van der Waals surface area contributed by atoms with Crippen molar-refractivity contribution in [3.05, 3.63) is 74.7 Å². The van der Waals surface area contributed by atoms with Crippen molar-refractivity contribution >= 4 is 57.9 Å². The van der Waals surface area contributed by atoms with Crippen LogP contribution in [0.2, 0.25) is 10.0 Å². The molecule has 0 unspecified atom stereocenters. The third-order valence-electron chi connectivity index (χ3n) is 4.10. The van der Waals surface area contributed by atoms with E-state index in [4.69, 9.17) is 23.2 Å². The number of thiazole rings is 1. The summed E-state index contributed by atoms with van der Waals surface area (Å²) < 4.78 is 0.912. The second kappa shape index (κ2) is 9.79. The van der Waals surface area contributed by atoms with Gasteiger partial charge in [0, 0.05) is 26.9 Å². The van der Waals surface area contributed by atoms with Crippen LogP contribution in [0.25, 0.3) is 0 Å². The smallest absolute Gasteiger partial charge is 0.230 e. The van der Waals surface area contributed by atoms with Crippen LogP contribution in [0.5, 0.6) is 0 Å². The normalized spacial score (nSPS) is 11.0. The molecule has 0 saturated carbocycles. The molecule has 2 aromatic carbocycles. The van der Waals surface area contributed by atoms with E-state index in [2.05, 4.69) is 24.1 Å². The zero-order chi connectivity index (χ0) is 20.1. The van der Waals surface area contributed by atoms with E-state index in [1.54, 1.807) is 17.8 Å². The van der Waals surface area contributed by atoms with E-state index in [1.165, 1.54) is 16.9 Å². The molecule has 1 amide bonds. The largest absolute Gasteiger partial charge is 0.326 e. The maximum absolute atomic E-state index is 12.3. The number of halogens is 2. The summed E-state index contributed by atoms with van der Waals surface area (Å²) in [6.07, 6.45) is 0.255. The summed E-state index contributed by atoms with van der Waals surface area (Å²) in [6.45, 7) is 4.29. The standard InChI is InChI=1S/C21H20Cl2N2OS2/c1-13(2)14-4-7-17(8-5-14)24-20(26)10-18-12-28-21(25-18)27-11-15-3-6-16(22)9-19(15)23/h3-9,12-13H,10-11H2,1-2H3,(H,24,26). The number of anilines is 1. The van der Waals surface area contributed by atoms with Crippen LogP contribution in [0.15, 0.2) is 52.2 Å². The highest BCUT2D eigenvalue weighted by atomic mass is 35.5. The van der Waals surface area contributed by atoms with Gasteiger partial charge in [-0.1, -0.05) is 67.0 Å². The van der Waals surface area contributed by atoms with Crippen molar-refractivity contribution in [2.45, 2.75) is 36.3 Å². The lowest BCUT2D eigenvalue weighted by Crippen LogP contribution is -2.14. The number of carbonyl (C=O) groups excluding carboxylic acids is 1. The summed E-state index contributed by atoms with van der Waals surface area (Å²) in [5, 5.41) is 6.13. The molecule has 3 rings (SSSR count). The summed E-state index contributed by atoms with van der Waals surface area (Å²) in [5.41, 5.74) is 3.83. The zero-order valence-corrected chi connectivity index (χ0v) is 18.7. The van der Waals surface area contributed by atoms with Crippen molar-refractivity contribution in [3.63, 3.8) is 0 Å². The third-order valence-corrected chi connectivity index (χ3v) is 6.81. The van der Waals surface area contributed by atoms with Gasteiger partial charge < -0.3 is 5.32 Å². The van der Waals surface area contributed by atoms with Crippen molar-refractivity contribution in [2.75, 3.05) is 5.32 Å². The maximum Gasteiger partial charge on any atom is 0.230 e. The molecule has 0 aliphatic rings. The van der Waals surface area contributed by atoms with Gasteiger partial charge in [-0.05, 0) is 41.3 Å². The van der Waals surface area contributed by atoms with E-state index < -0.39 is 0 Å². The van der Waals surface area contributed by atoms with E-state index in [9.17, 15) is 4.79 Å². The highest BCUT2D eigenvalue weighted by Crippen LogP contribution is 2.30. The molecule has 3 aromatic rings. The second-order valence-corrected chi connectivity index (χ2v) is 9.56. The number of nitrogens with zero attached hydrogens (tertiary/aromatic N) is 1. The molecule has 0 saturated heterocycles. The van der Waals surface area contributed by atoms with Gasteiger partial charge in [0.15, 0.2) is 0 Å². The Bertz CT molecular complexity index is 955. The number of amides is 1. The third kappa shape index (κ3) is 5.98. The van der Waals surface area contributed by atoms with Gasteiger partial charge in [-0.3, -0.25) is 4.79 Å². The van der Waals surface area contributed by atoms with Crippen molar-refractivity contribution in [3.8, 4) is 0 Å². The maximum atomic E-state index is 12.3. The number of hydrogen-bond donors (Lipinski definition) is 1. The van der Waals surface area contributed by atoms with E-state index in [0.29, 0.717) is 21.7 Å². The average Bonchev–Trinajstić information content (AvgIpc) is 3.08. The predicted octanol–water partition coefficient (Wildman–Crippen LogP) is 7.05. The van der Waals surface area contributed by atoms with E-state index >= 15 is 0 Å². The summed E-state index contributed by atoms with van der Waals surface area (Å²) in [5.74, 6) is 1.11. The number of nitrogens with one attached hydrogen (secondary N) is 1. The summed E-state index contributed by atoms with van der Waals surface area (Å²) in [4.78, 5) is 16.8. The molecule has 7 heteroatoms. The molecule has 0 radical (unpaired) electrons. The molecule has 0 bridgehead atoms. The van der Waals surface area contributed by atoms with Gasteiger partial charge in [0.05, 0.1) is 12.1 Å². The Labute approximate surface area is 183 Å². The lowest BCUT2D eigenvalue weighted by molar-refractivity contribution is -0.115. The molecule has 146 valence electrons. The molecule has 0 fully saturated rings. The summed E-state index contributed by atoms with van der Waals surface area (Å²) in [7, 11) is 0. The Morgan fingerprint density at radius 1 is 1.18 bits per heavy atom. The minimum atomic E-state index is -0.0695. The molecule has 0 atom stereocenters. The van der Waals surface area contributed by atoms with Crippen LogP contribution in [-0.2, 0) is 17.0 Å². The predicted molar refractivity (Wildman–Crippen MR) is 121 cm³/mol. The molecular formula is C21H20Cl2N2OS2. The van der Waals surface area contributed by atoms with Gasteiger partial charge in [0.2, 0.25) is 5.91 Å². The first-order valence-corrected chi connectivity index (χ1v) is 11.4. The number of aromatic nitrogens is 1. The Balaban J connectivity index is 1.52. The molecule has 0 aliphatic heterocycles. The van der Waals surface area contributed by atoms with Crippen molar-refractivity contribution in [1.82, 2.24) is 4.98 Å². The van der Waals surface area contributed by atoms with Gasteiger partial charge in [-0.2, -0.15) is 0 Å². The SMILES string of the molecule is CC(C)c1ccc(NC(=O)Cc2csc(SCc3ccc(Cl)cc3Cl)n2)cc1. The molecular weight excluding hydrogens is 431 g/mol. The summed E-state index contributed by atoms with van der Waals surface area (Å²) in [6, 6.07) is 13.4. The monoisotopic (exact) mass is 450 g/mol. The lowest BCUT2D eigenvalue weighted by Gasteiger charge is -2.08. The first-order valence-electron chi connectivity index (χ1n) is 8.81. The minimum Gasteiger partial charge on any atom is -0.326 e. The van der Waals surface area contributed by atoms with Crippen molar-refractivity contribution in [2.24, 2.45) is 0 Å². The Morgan fingerprint density at radius 3 is 2.61 bits per heavy atom. The van der Waals surface area contributed by atoms with E-state index in [-0.39, 0.29) is 12.3 Å². The Kier molecular flexibility index (Phi) is 7.41. The first kappa shape index (κ1) is 21.2. The fourth-order valence-electron chi connectivity index (χ4n) is 2.54. The van der Waals surface area contributed by atoms with Gasteiger partial charge in [-0.25, -0.2) is 4.98 Å². The van der Waals surface area contributed by atoms with Gasteiger partial charge in [-0.15, -0.1) is 11.3 Å². The fraction of sp³-hybridized carbons (Fsp3) is 0.238. The quantitative estimate of drug-likeness (QED) is 0.392. The van der Waals surface area contributed by atoms with Crippen LogP contribution >= 0.6 is 46.3 Å². The molecule has 1 aromatic heterocycles. The highest BCUT2D eigenvalue weighted by molar-refractivity contribution is 8.00. The van der Waals surface area contributed by atoms with Crippen LogP contribution in [0.3, 0.4) is 0 Å². The zero-order valence-electron chi connectivity index (χ0n) is 15.5. The lowest BCUT2D eigenvalue weighted by atomic mass is 10.0. The van der Waals surface area contributed by atoms with Crippen LogP contribution in [0.1, 0.15) is 36.6 Å². The Hall–Kier alpha value is -1.53. The van der Waals surface area contributed by atoms with Gasteiger partial charge in [0.1, 0.15) is 4.34 Å². The fourth-order valence-corrected chi connectivity index (χ4v) is 4.94. The number of benzene rings is 2. The molecule has 3 nitrogen and oxygen atoms in total. The average molecular weight is 451 g/mol. The van der Waals surface area contributed by atoms with Crippen LogP contribution in [0.4, 0.5) is 5.69 Å². The number of hydrogen-bond acceptors (Lipinski definition) is 4.